The molecule has 0 saturated heterocycles. The van der Waals surface area contributed by atoms with Crippen LogP contribution < -0.4 is 4.90 Å². The van der Waals surface area contributed by atoms with Crippen molar-refractivity contribution in [1.29, 1.82) is 0 Å². The molecule has 1 aromatic carbocycles. The number of aromatic nitrogens is 1. The lowest BCUT2D eigenvalue weighted by molar-refractivity contribution is 0.321. The Morgan fingerprint density at radius 1 is 1.26 bits per heavy atom. The first-order valence-corrected chi connectivity index (χ1v) is 7.46. The third-order valence-electron chi connectivity index (χ3n) is 4.12. The van der Waals surface area contributed by atoms with Crippen molar-refractivity contribution < 1.29 is 0 Å². The summed E-state index contributed by atoms with van der Waals surface area (Å²) in [6, 6.07) is 8.41. The van der Waals surface area contributed by atoms with E-state index in [2.05, 4.69) is 41.2 Å². The summed E-state index contributed by atoms with van der Waals surface area (Å²) in [7, 11) is 2.15. The Balaban J connectivity index is 1.98. The summed E-state index contributed by atoms with van der Waals surface area (Å²) in [5.41, 5.74) is 1.11. The van der Waals surface area contributed by atoms with Crippen molar-refractivity contribution in [3.8, 4) is 0 Å². The molecule has 0 spiro atoms. The molecule has 0 unspecified atom stereocenters. The summed E-state index contributed by atoms with van der Waals surface area (Å²) in [4.78, 5) is 6.93. The number of benzene rings is 1. The average molecular weight is 275 g/mol. The van der Waals surface area contributed by atoms with Crippen molar-refractivity contribution in [2.45, 2.75) is 25.1 Å². The molecule has 1 aliphatic rings. The first-order chi connectivity index (χ1) is 9.29. The lowest BCUT2D eigenvalue weighted by Crippen LogP contribution is -2.30. The minimum atomic E-state index is 0.514. The van der Waals surface area contributed by atoms with Crippen molar-refractivity contribution in [3.05, 3.63) is 36.0 Å². The number of hydrogen-bond acceptors (Lipinski definition) is 2. The summed E-state index contributed by atoms with van der Waals surface area (Å²) in [5, 5.41) is 2.44. The predicted octanol–water partition coefficient (Wildman–Crippen LogP) is 4.21. The molecular formula is C16H19ClN2. The molecule has 1 aliphatic carbocycles. The van der Waals surface area contributed by atoms with E-state index in [4.69, 9.17) is 11.6 Å². The molecule has 1 aromatic heterocycles. The number of pyridine rings is 1. The fraction of sp³-hybridized carbons (Fsp3) is 0.438. The van der Waals surface area contributed by atoms with Gasteiger partial charge < -0.3 is 4.90 Å². The first kappa shape index (κ1) is 12.7. The zero-order valence-electron chi connectivity index (χ0n) is 11.3. The van der Waals surface area contributed by atoms with Crippen molar-refractivity contribution in [2.75, 3.05) is 18.5 Å². The summed E-state index contributed by atoms with van der Waals surface area (Å²) in [5.74, 6) is 2.44. The number of hydrogen-bond donors (Lipinski definition) is 0. The summed E-state index contributed by atoms with van der Waals surface area (Å²) < 4.78 is 0. The molecule has 19 heavy (non-hydrogen) atoms. The molecule has 3 rings (SSSR count). The van der Waals surface area contributed by atoms with E-state index in [9.17, 15) is 0 Å². The molecule has 1 fully saturated rings. The summed E-state index contributed by atoms with van der Waals surface area (Å²) in [6.45, 7) is 1.11. The maximum atomic E-state index is 6.00. The number of alkyl halides is 1. The Bertz CT molecular complexity index is 578. The van der Waals surface area contributed by atoms with Gasteiger partial charge in [0, 0.05) is 31.1 Å². The van der Waals surface area contributed by atoms with Gasteiger partial charge in [-0.2, -0.15) is 0 Å². The Kier molecular flexibility index (Phi) is 3.61. The van der Waals surface area contributed by atoms with E-state index < -0.39 is 0 Å². The Morgan fingerprint density at radius 2 is 2.00 bits per heavy atom. The van der Waals surface area contributed by atoms with E-state index in [1.807, 2.05) is 6.20 Å². The molecule has 3 heteroatoms. The van der Waals surface area contributed by atoms with Crippen molar-refractivity contribution in [3.63, 3.8) is 0 Å². The summed E-state index contributed by atoms with van der Waals surface area (Å²) >= 11 is 6.00. The zero-order valence-corrected chi connectivity index (χ0v) is 12.0. The maximum absolute atomic E-state index is 6.00. The van der Waals surface area contributed by atoms with E-state index in [1.54, 1.807) is 0 Å². The SMILES string of the molecule is CN(CC1CCC1)c1ncc(CCl)c2ccccc12. The van der Waals surface area contributed by atoms with Gasteiger partial charge in [-0.15, -0.1) is 11.6 Å². The minimum Gasteiger partial charge on any atom is -0.359 e. The number of fused-ring (bicyclic) bond motifs is 1. The highest BCUT2D eigenvalue weighted by molar-refractivity contribution is 6.18. The van der Waals surface area contributed by atoms with E-state index in [1.165, 1.54) is 30.0 Å². The highest BCUT2D eigenvalue weighted by Gasteiger charge is 2.20. The highest BCUT2D eigenvalue weighted by Crippen LogP contribution is 2.31. The van der Waals surface area contributed by atoms with Gasteiger partial charge in [-0.25, -0.2) is 4.98 Å². The molecule has 0 N–H and O–H groups in total. The third-order valence-corrected chi connectivity index (χ3v) is 4.41. The standard InChI is InChI=1S/C16H19ClN2/c1-19(11-12-5-4-6-12)16-15-8-3-2-7-14(15)13(9-17)10-18-16/h2-3,7-8,10,12H,4-6,9,11H2,1H3. The molecule has 0 radical (unpaired) electrons. The van der Waals surface area contributed by atoms with Gasteiger partial charge in [0.2, 0.25) is 0 Å². The van der Waals surface area contributed by atoms with Gasteiger partial charge in [0.15, 0.2) is 0 Å². The first-order valence-electron chi connectivity index (χ1n) is 6.93. The largest absolute Gasteiger partial charge is 0.359 e. The predicted molar refractivity (Wildman–Crippen MR) is 81.9 cm³/mol. The Labute approximate surface area is 119 Å². The van der Waals surface area contributed by atoms with Gasteiger partial charge in [0.25, 0.3) is 0 Å². The highest BCUT2D eigenvalue weighted by atomic mass is 35.5. The summed E-state index contributed by atoms with van der Waals surface area (Å²) in [6.07, 6.45) is 6.03. The quantitative estimate of drug-likeness (QED) is 0.777. The lowest BCUT2D eigenvalue weighted by Gasteiger charge is -2.31. The molecule has 0 amide bonds. The molecule has 0 atom stereocenters. The number of rotatable bonds is 4. The second-order valence-electron chi connectivity index (χ2n) is 5.46. The average Bonchev–Trinajstić information content (AvgIpc) is 2.41. The smallest absolute Gasteiger partial charge is 0.136 e. The Morgan fingerprint density at radius 3 is 2.63 bits per heavy atom. The van der Waals surface area contributed by atoms with Gasteiger partial charge in [0.1, 0.15) is 5.82 Å². The van der Waals surface area contributed by atoms with Crippen LogP contribution in [-0.2, 0) is 5.88 Å². The zero-order chi connectivity index (χ0) is 13.2. The third kappa shape index (κ3) is 2.42. The normalized spacial score (nSPS) is 15.5. The van der Waals surface area contributed by atoms with Gasteiger partial charge in [-0.1, -0.05) is 30.7 Å². The minimum absolute atomic E-state index is 0.514. The second-order valence-corrected chi connectivity index (χ2v) is 5.73. The van der Waals surface area contributed by atoms with Crippen LogP contribution in [-0.4, -0.2) is 18.6 Å². The van der Waals surface area contributed by atoms with Crippen LogP contribution in [0.3, 0.4) is 0 Å². The van der Waals surface area contributed by atoms with E-state index in [-0.39, 0.29) is 0 Å². The van der Waals surface area contributed by atoms with Crippen LogP contribution in [0.2, 0.25) is 0 Å². The molecular weight excluding hydrogens is 256 g/mol. The van der Waals surface area contributed by atoms with Crippen LogP contribution in [0.1, 0.15) is 24.8 Å². The number of halogens is 1. The number of anilines is 1. The lowest BCUT2D eigenvalue weighted by atomic mass is 9.85. The monoisotopic (exact) mass is 274 g/mol. The van der Waals surface area contributed by atoms with Crippen molar-refractivity contribution >= 4 is 28.2 Å². The van der Waals surface area contributed by atoms with Crippen molar-refractivity contribution in [2.24, 2.45) is 5.92 Å². The molecule has 0 aliphatic heterocycles. The fourth-order valence-electron chi connectivity index (χ4n) is 2.80. The van der Waals surface area contributed by atoms with Crippen LogP contribution in [0.5, 0.6) is 0 Å². The van der Waals surface area contributed by atoms with Crippen LogP contribution in [0.25, 0.3) is 10.8 Å². The van der Waals surface area contributed by atoms with Crippen LogP contribution in [0.15, 0.2) is 30.5 Å². The maximum Gasteiger partial charge on any atom is 0.136 e. The van der Waals surface area contributed by atoms with E-state index in [0.29, 0.717) is 5.88 Å². The van der Waals surface area contributed by atoms with Gasteiger partial charge >= 0.3 is 0 Å². The Hall–Kier alpha value is -1.28. The van der Waals surface area contributed by atoms with Crippen molar-refractivity contribution in [1.82, 2.24) is 4.98 Å². The van der Waals surface area contributed by atoms with Gasteiger partial charge in [0.05, 0.1) is 0 Å². The molecule has 1 heterocycles. The van der Waals surface area contributed by atoms with E-state index in [0.717, 1.165) is 23.8 Å². The molecule has 2 aromatic rings. The van der Waals surface area contributed by atoms with Gasteiger partial charge in [-0.3, -0.25) is 0 Å². The molecule has 2 nitrogen and oxygen atoms in total. The second kappa shape index (κ2) is 5.38. The topological polar surface area (TPSA) is 16.1 Å². The van der Waals surface area contributed by atoms with Crippen LogP contribution >= 0.6 is 11.6 Å². The molecule has 100 valence electrons. The molecule has 1 saturated carbocycles. The van der Waals surface area contributed by atoms with Crippen LogP contribution in [0, 0.1) is 5.92 Å². The fourth-order valence-corrected chi connectivity index (χ4v) is 3.01. The molecule has 0 bridgehead atoms. The van der Waals surface area contributed by atoms with Crippen LogP contribution in [0.4, 0.5) is 5.82 Å². The van der Waals surface area contributed by atoms with E-state index >= 15 is 0 Å². The van der Waals surface area contributed by atoms with Gasteiger partial charge in [-0.05, 0) is 29.7 Å². The number of nitrogens with zero attached hydrogens (tertiary/aromatic N) is 2.